The van der Waals surface area contributed by atoms with E-state index in [1.165, 1.54) is 5.39 Å². The Kier molecular flexibility index (Phi) is 6.96. The molecule has 0 aliphatic carbocycles. The molecule has 4 aromatic rings. The van der Waals surface area contributed by atoms with E-state index < -0.39 is 0 Å². The van der Waals surface area contributed by atoms with Gasteiger partial charge in [-0.1, -0.05) is 36.4 Å². The molecule has 2 aromatic heterocycles. The van der Waals surface area contributed by atoms with Crippen LogP contribution in [0.3, 0.4) is 0 Å². The van der Waals surface area contributed by atoms with E-state index in [0.717, 1.165) is 41.4 Å². The van der Waals surface area contributed by atoms with Gasteiger partial charge >= 0.3 is 6.01 Å². The molecule has 0 saturated carbocycles. The third kappa shape index (κ3) is 5.71. The summed E-state index contributed by atoms with van der Waals surface area (Å²) >= 11 is 0. The average molecular weight is 455 g/mol. The van der Waals surface area contributed by atoms with Gasteiger partial charge in [-0.2, -0.15) is 20.2 Å². The predicted molar refractivity (Wildman–Crippen MR) is 131 cm³/mol. The summed E-state index contributed by atoms with van der Waals surface area (Å²) in [7, 11) is 0. The number of azo groups is 1. The molecule has 172 valence electrons. The Bertz CT molecular complexity index is 1260. The number of nitrogens with zero attached hydrogens (tertiary/aromatic N) is 6. The zero-order valence-electron chi connectivity index (χ0n) is 18.9. The number of fused-ring (bicyclic) bond motifs is 1. The van der Waals surface area contributed by atoms with E-state index in [0.29, 0.717) is 38.8 Å². The van der Waals surface area contributed by atoms with Crippen LogP contribution in [0.1, 0.15) is 11.4 Å². The summed E-state index contributed by atoms with van der Waals surface area (Å²) < 4.78 is 11.4. The molecule has 8 nitrogen and oxygen atoms in total. The molecule has 0 spiro atoms. The van der Waals surface area contributed by atoms with Crippen molar-refractivity contribution in [1.82, 2.24) is 15.0 Å². The highest BCUT2D eigenvalue weighted by Gasteiger charge is 2.15. The van der Waals surface area contributed by atoms with Gasteiger partial charge < -0.3 is 14.4 Å². The third-order valence-corrected chi connectivity index (χ3v) is 5.55. The maximum absolute atomic E-state index is 5.90. The van der Waals surface area contributed by atoms with Gasteiger partial charge in [-0.15, -0.1) is 0 Å². The van der Waals surface area contributed by atoms with E-state index in [4.69, 9.17) is 9.47 Å². The third-order valence-electron chi connectivity index (χ3n) is 5.55. The minimum absolute atomic E-state index is 0.337. The molecule has 0 unspecified atom stereocenters. The number of anilines is 1. The van der Waals surface area contributed by atoms with Crippen molar-refractivity contribution in [2.75, 3.05) is 37.8 Å². The van der Waals surface area contributed by atoms with Gasteiger partial charge in [-0.25, -0.2) is 0 Å². The Balaban J connectivity index is 1.30. The molecule has 1 aliphatic heterocycles. The molecule has 2 aromatic carbocycles. The number of benzene rings is 2. The molecule has 0 radical (unpaired) electrons. The summed E-state index contributed by atoms with van der Waals surface area (Å²) in [6.45, 7) is 3.70. The fourth-order valence-corrected chi connectivity index (χ4v) is 3.78. The van der Waals surface area contributed by atoms with Crippen LogP contribution < -0.4 is 9.64 Å². The smallest absolute Gasteiger partial charge is 0.318 e. The van der Waals surface area contributed by atoms with Crippen molar-refractivity contribution in [2.45, 2.75) is 13.0 Å². The van der Waals surface area contributed by atoms with Crippen molar-refractivity contribution in [2.24, 2.45) is 10.2 Å². The van der Waals surface area contributed by atoms with E-state index in [1.807, 2.05) is 48.5 Å². The maximum atomic E-state index is 5.90. The number of ether oxygens (including phenoxy) is 2. The van der Waals surface area contributed by atoms with E-state index in [1.54, 1.807) is 6.20 Å². The lowest BCUT2D eigenvalue weighted by atomic mass is 10.1. The van der Waals surface area contributed by atoms with Crippen LogP contribution in [0.2, 0.25) is 0 Å². The second-order valence-corrected chi connectivity index (χ2v) is 7.95. The number of rotatable bonds is 8. The first-order chi connectivity index (χ1) is 16.8. The number of hydrogen-bond donors (Lipinski definition) is 0. The van der Waals surface area contributed by atoms with Gasteiger partial charge in [0.25, 0.3) is 0 Å². The molecule has 0 amide bonds. The highest BCUT2D eigenvalue weighted by molar-refractivity contribution is 5.85. The molecule has 1 saturated heterocycles. The topological polar surface area (TPSA) is 85.1 Å². The summed E-state index contributed by atoms with van der Waals surface area (Å²) in [6, 6.07) is 22.4. The molecule has 3 heterocycles. The molecule has 8 heteroatoms. The SMILES string of the molecule is c1ccc(CCOc2nc(CN=Nc3ccc4ccccc4c3)cc(N3CCOCC3)n2)nc1. The van der Waals surface area contributed by atoms with Crippen LogP contribution in [-0.2, 0) is 17.7 Å². The quantitative estimate of drug-likeness (QED) is 0.357. The van der Waals surface area contributed by atoms with Crippen molar-refractivity contribution in [3.05, 3.63) is 84.3 Å². The van der Waals surface area contributed by atoms with Gasteiger partial charge in [0.15, 0.2) is 0 Å². The minimum atomic E-state index is 0.337. The highest BCUT2D eigenvalue weighted by atomic mass is 16.5. The van der Waals surface area contributed by atoms with Crippen LogP contribution in [-0.4, -0.2) is 47.9 Å². The summed E-state index contributed by atoms with van der Waals surface area (Å²) in [5.74, 6) is 0.821. The lowest BCUT2D eigenvalue weighted by Crippen LogP contribution is -2.37. The summed E-state index contributed by atoms with van der Waals surface area (Å²) in [4.78, 5) is 15.7. The number of pyridine rings is 1. The summed E-state index contributed by atoms with van der Waals surface area (Å²) in [5, 5.41) is 11.1. The summed E-state index contributed by atoms with van der Waals surface area (Å²) in [6.07, 6.45) is 2.46. The van der Waals surface area contributed by atoms with Crippen molar-refractivity contribution < 1.29 is 9.47 Å². The molecular formula is C26H26N6O2. The molecule has 0 N–H and O–H groups in total. The first-order valence-electron chi connectivity index (χ1n) is 11.4. The van der Waals surface area contributed by atoms with E-state index in [9.17, 15) is 0 Å². The van der Waals surface area contributed by atoms with Crippen molar-refractivity contribution in [1.29, 1.82) is 0 Å². The average Bonchev–Trinajstić information content (AvgIpc) is 2.90. The van der Waals surface area contributed by atoms with Gasteiger partial charge in [0.2, 0.25) is 0 Å². The number of morpholine rings is 1. The molecule has 5 rings (SSSR count). The highest BCUT2D eigenvalue weighted by Crippen LogP contribution is 2.22. The van der Waals surface area contributed by atoms with Crippen LogP contribution in [0.25, 0.3) is 10.8 Å². The van der Waals surface area contributed by atoms with Crippen molar-refractivity contribution in [3.63, 3.8) is 0 Å². The standard InChI is InChI=1S/C26H26N6O2/c1-2-6-21-17-23(9-8-20(21)5-1)31-28-19-24-18-25(32-12-15-33-16-13-32)30-26(29-24)34-14-10-22-7-3-4-11-27-22/h1-9,11,17-18H,10,12-16,19H2. The molecule has 1 fully saturated rings. The van der Waals surface area contributed by atoms with Gasteiger partial charge in [0.1, 0.15) is 12.4 Å². The first-order valence-corrected chi connectivity index (χ1v) is 11.4. The van der Waals surface area contributed by atoms with Crippen LogP contribution in [0.15, 0.2) is 83.2 Å². The monoisotopic (exact) mass is 454 g/mol. The molecule has 1 aliphatic rings. The normalized spacial score (nSPS) is 14.1. The maximum Gasteiger partial charge on any atom is 0.318 e. The van der Waals surface area contributed by atoms with Crippen molar-refractivity contribution in [3.8, 4) is 6.01 Å². The molecule has 34 heavy (non-hydrogen) atoms. The van der Waals surface area contributed by atoms with Crippen LogP contribution >= 0.6 is 0 Å². The van der Waals surface area contributed by atoms with Gasteiger partial charge in [0, 0.05) is 37.5 Å². The first kappa shape index (κ1) is 21.9. The second kappa shape index (κ2) is 10.8. The van der Waals surface area contributed by atoms with E-state index in [-0.39, 0.29) is 0 Å². The summed E-state index contributed by atoms with van der Waals surface area (Å²) in [5.41, 5.74) is 2.54. The van der Waals surface area contributed by atoms with E-state index in [2.05, 4.69) is 48.3 Å². The fourth-order valence-electron chi connectivity index (χ4n) is 3.78. The lowest BCUT2D eigenvalue weighted by Gasteiger charge is -2.28. The Hall–Kier alpha value is -3.91. The largest absolute Gasteiger partial charge is 0.463 e. The van der Waals surface area contributed by atoms with Crippen LogP contribution in [0.4, 0.5) is 11.5 Å². The molecule has 0 bridgehead atoms. The van der Waals surface area contributed by atoms with Gasteiger partial charge in [-0.3, -0.25) is 4.98 Å². The van der Waals surface area contributed by atoms with E-state index >= 15 is 0 Å². The molecule has 0 atom stereocenters. The number of aromatic nitrogens is 3. The van der Waals surface area contributed by atoms with Crippen LogP contribution in [0.5, 0.6) is 6.01 Å². The Morgan fingerprint density at radius 2 is 1.74 bits per heavy atom. The Labute approximate surface area is 198 Å². The van der Waals surface area contributed by atoms with Gasteiger partial charge in [0.05, 0.1) is 31.2 Å². The second-order valence-electron chi connectivity index (χ2n) is 7.95. The van der Waals surface area contributed by atoms with Crippen molar-refractivity contribution >= 4 is 22.3 Å². The van der Waals surface area contributed by atoms with Gasteiger partial charge in [-0.05, 0) is 35.0 Å². The Morgan fingerprint density at radius 1 is 0.882 bits per heavy atom. The zero-order valence-corrected chi connectivity index (χ0v) is 18.9. The minimum Gasteiger partial charge on any atom is -0.463 e. The van der Waals surface area contributed by atoms with Crippen LogP contribution in [0, 0.1) is 0 Å². The zero-order chi connectivity index (χ0) is 23.0. The molecular weight excluding hydrogens is 428 g/mol. The fraction of sp³-hybridized carbons (Fsp3) is 0.269. The number of hydrogen-bond acceptors (Lipinski definition) is 8. The lowest BCUT2D eigenvalue weighted by molar-refractivity contribution is 0.122. The Morgan fingerprint density at radius 3 is 2.59 bits per heavy atom. The predicted octanol–water partition coefficient (Wildman–Crippen LogP) is 4.77.